The smallest absolute Gasteiger partial charge is 0.262 e. The lowest BCUT2D eigenvalue weighted by atomic mass is 10.2. The molecule has 0 unspecified atom stereocenters. The number of carbonyl (C=O) groups excluding carboxylic acids is 1. The molecule has 0 bridgehead atoms. The van der Waals surface area contributed by atoms with E-state index >= 15 is 0 Å². The number of sulfonamides is 1. The second-order valence-electron chi connectivity index (χ2n) is 6.61. The maximum Gasteiger partial charge on any atom is 0.262 e. The van der Waals surface area contributed by atoms with Gasteiger partial charge < -0.3 is 14.5 Å². The third kappa shape index (κ3) is 4.60. The molecule has 0 aliphatic rings. The Hall–Kier alpha value is -4.18. The number of hydrogen-bond acceptors (Lipinski definition) is 7. The molecule has 0 spiro atoms. The lowest BCUT2D eigenvalue weighted by Crippen LogP contribution is -2.16. The molecule has 10 heteroatoms. The normalized spacial score (nSPS) is 11.0. The topological polar surface area (TPSA) is 123 Å². The Balaban J connectivity index is 1.51. The number of rotatable bonds is 7. The number of benzene rings is 3. The molecule has 0 radical (unpaired) electrons. The molecule has 0 aliphatic heterocycles. The van der Waals surface area contributed by atoms with Crippen LogP contribution in [0, 0.1) is 0 Å². The van der Waals surface area contributed by atoms with Gasteiger partial charge in [0.05, 0.1) is 17.7 Å². The first kappa shape index (κ1) is 21.1. The number of hydrogen-bond donors (Lipinski definition) is 2. The first-order chi connectivity index (χ1) is 15.5. The van der Waals surface area contributed by atoms with Crippen LogP contribution in [0.5, 0.6) is 5.75 Å². The van der Waals surface area contributed by atoms with E-state index in [0.717, 1.165) is 0 Å². The highest BCUT2D eigenvalue weighted by molar-refractivity contribution is 7.92. The maximum atomic E-state index is 12.8. The van der Waals surface area contributed by atoms with Crippen LogP contribution < -0.4 is 14.8 Å². The van der Waals surface area contributed by atoms with Crippen molar-refractivity contribution in [3.8, 4) is 17.2 Å². The molecule has 4 aromatic rings. The SMILES string of the molecule is COc1ccccc1NS(=O)(=O)c1cccc(C(=O)Nc2ccc(-c3nnco3)cc2)c1. The molecule has 1 heterocycles. The molecule has 0 fully saturated rings. The van der Waals surface area contributed by atoms with E-state index in [4.69, 9.17) is 9.15 Å². The highest BCUT2D eigenvalue weighted by Crippen LogP contribution is 2.26. The van der Waals surface area contributed by atoms with Crippen LogP contribution in [-0.4, -0.2) is 31.6 Å². The fourth-order valence-corrected chi connectivity index (χ4v) is 4.05. The van der Waals surface area contributed by atoms with Gasteiger partial charge in [-0.1, -0.05) is 18.2 Å². The molecule has 32 heavy (non-hydrogen) atoms. The van der Waals surface area contributed by atoms with Gasteiger partial charge in [0.1, 0.15) is 5.75 Å². The molecule has 162 valence electrons. The van der Waals surface area contributed by atoms with Gasteiger partial charge in [-0.05, 0) is 54.6 Å². The summed E-state index contributed by atoms with van der Waals surface area (Å²) in [5.74, 6) is 0.294. The van der Waals surface area contributed by atoms with Gasteiger partial charge in [-0.15, -0.1) is 10.2 Å². The Labute approximate surface area is 184 Å². The minimum atomic E-state index is -3.94. The zero-order valence-corrected chi connectivity index (χ0v) is 17.7. The number of aromatic nitrogens is 2. The first-order valence-corrected chi connectivity index (χ1v) is 10.9. The van der Waals surface area contributed by atoms with Crippen LogP contribution in [0.15, 0.2) is 88.5 Å². The van der Waals surface area contributed by atoms with Crippen LogP contribution in [0.3, 0.4) is 0 Å². The molecule has 1 aromatic heterocycles. The lowest BCUT2D eigenvalue weighted by Gasteiger charge is -2.12. The van der Waals surface area contributed by atoms with E-state index in [1.54, 1.807) is 48.5 Å². The summed E-state index contributed by atoms with van der Waals surface area (Å²) in [7, 11) is -2.49. The van der Waals surface area contributed by atoms with Crippen molar-refractivity contribution in [2.75, 3.05) is 17.1 Å². The second kappa shape index (κ2) is 8.90. The number of anilines is 2. The van der Waals surface area contributed by atoms with Crippen molar-refractivity contribution < 1.29 is 22.4 Å². The van der Waals surface area contributed by atoms with Gasteiger partial charge in [-0.25, -0.2) is 8.42 Å². The van der Waals surface area contributed by atoms with Gasteiger partial charge in [0.15, 0.2) is 0 Å². The molecule has 1 amide bonds. The fraction of sp³-hybridized carbons (Fsp3) is 0.0455. The Morgan fingerprint density at radius 1 is 1.00 bits per heavy atom. The molecule has 9 nitrogen and oxygen atoms in total. The third-order valence-electron chi connectivity index (χ3n) is 4.51. The number of methoxy groups -OCH3 is 1. The van der Waals surface area contributed by atoms with Gasteiger partial charge in [0.2, 0.25) is 12.3 Å². The number of carbonyl (C=O) groups is 1. The quantitative estimate of drug-likeness (QED) is 0.439. The average molecular weight is 450 g/mol. The average Bonchev–Trinajstić information content (AvgIpc) is 3.35. The van der Waals surface area contributed by atoms with Gasteiger partial charge >= 0.3 is 0 Å². The molecule has 0 atom stereocenters. The van der Waals surface area contributed by atoms with Crippen molar-refractivity contribution in [3.63, 3.8) is 0 Å². The first-order valence-electron chi connectivity index (χ1n) is 9.40. The monoisotopic (exact) mass is 450 g/mol. The maximum absolute atomic E-state index is 12.8. The minimum Gasteiger partial charge on any atom is -0.495 e. The van der Waals surface area contributed by atoms with Gasteiger partial charge in [0.25, 0.3) is 15.9 Å². The van der Waals surface area contributed by atoms with Crippen molar-refractivity contribution in [1.29, 1.82) is 0 Å². The van der Waals surface area contributed by atoms with Crippen molar-refractivity contribution >= 4 is 27.3 Å². The number of ether oxygens (including phenoxy) is 1. The zero-order chi connectivity index (χ0) is 22.6. The molecule has 0 aliphatic carbocycles. The predicted octanol–water partition coefficient (Wildman–Crippen LogP) is 3.80. The summed E-state index contributed by atoms with van der Waals surface area (Å²) < 4.78 is 38.5. The molecule has 0 saturated heterocycles. The summed E-state index contributed by atoms with van der Waals surface area (Å²) in [5, 5.41) is 10.2. The summed E-state index contributed by atoms with van der Waals surface area (Å²) >= 11 is 0. The second-order valence-corrected chi connectivity index (χ2v) is 8.29. The van der Waals surface area contributed by atoms with Crippen LogP contribution in [0.1, 0.15) is 10.4 Å². The van der Waals surface area contributed by atoms with E-state index in [0.29, 0.717) is 28.6 Å². The molecular formula is C22H18N4O5S. The molecule has 4 rings (SSSR count). The van der Waals surface area contributed by atoms with E-state index in [-0.39, 0.29) is 10.5 Å². The Morgan fingerprint density at radius 2 is 1.78 bits per heavy atom. The van der Waals surface area contributed by atoms with E-state index in [9.17, 15) is 13.2 Å². The largest absolute Gasteiger partial charge is 0.495 e. The van der Waals surface area contributed by atoms with Crippen molar-refractivity contribution in [3.05, 3.63) is 84.8 Å². The third-order valence-corrected chi connectivity index (χ3v) is 5.87. The van der Waals surface area contributed by atoms with E-state index in [1.165, 1.54) is 37.8 Å². The van der Waals surface area contributed by atoms with Crippen molar-refractivity contribution in [1.82, 2.24) is 10.2 Å². The fourth-order valence-electron chi connectivity index (χ4n) is 2.94. The highest BCUT2D eigenvalue weighted by atomic mass is 32.2. The number of nitrogens with zero attached hydrogens (tertiary/aromatic N) is 2. The van der Waals surface area contributed by atoms with E-state index < -0.39 is 15.9 Å². The summed E-state index contributed by atoms with van der Waals surface area (Å²) in [5.41, 5.74) is 1.72. The number of nitrogens with one attached hydrogen (secondary N) is 2. The van der Waals surface area contributed by atoms with E-state index in [1.807, 2.05) is 0 Å². The predicted molar refractivity (Wildman–Crippen MR) is 118 cm³/mol. The molecule has 2 N–H and O–H groups in total. The summed E-state index contributed by atoms with van der Waals surface area (Å²) in [6, 6.07) is 19.2. The number of para-hydroxylation sites is 2. The zero-order valence-electron chi connectivity index (χ0n) is 16.8. The minimum absolute atomic E-state index is 0.0530. The van der Waals surface area contributed by atoms with Crippen LogP contribution in [0.2, 0.25) is 0 Å². The Morgan fingerprint density at radius 3 is 2.50 bits per heavy atom. The number of amides is 1. The van der Waals surface area contributed by atoms with Gasteiger partial charge in [-0.3, -0.25) is 9.52 Å². The lowest BCUT2D eigenvalue weighted by molar-refractivity contribution is 0.102. The van der Waals surface area contributed by atoms with Crippen LogP contribution in [0.25, 0.3) is 11.5 Å². The van der Waals surface area contributed by atoms with Crippen molar-refractivity contribution in [2.45, 2.75) is 4.90 Å². The Bertz CT molecular complexity index is 1340. The van der Waals surface area contributed by atoms with Crippen LogP contribution in [-0.2, 0) is 10.0 Å². The highest BCUT2D eigenvalue weighted by Gasteiger charge is 2.18. The standard InChI is InChI=1S/C22H18N4O5S/c1-30-20-8-3-2-7-19(20)26-32(28,29)18-6-4-5-16(13-18)21(27)24-17-11-9-15(10-12-17)22-25-23-14-31-22/h2-14,26H,1H3,(H,24,27). The van der Waals surface area contributed by atoms with E-state index in [2.05, 4.69) is 20.2 Å². The van der Waals surface area contributed by atoms with Gasteiger partial charge in [0, 0.05) is 16.8 Å². The summed E-state index contributed by atoms with van der Waals surface area (Å²) in [6.45, 7) is 0. The molecule has 3 aromatic carbocycles. The van der Waals surface area contributed by atoms with Crippen LogP contribution >= 0.6 is 0 Å². The Kier molecular flexibility index (Phi) is 5.86. The van der Waals surface area contributed by atoms with Crippen molar-refractivity contribution in [2.24, 2.45) is 0 Å². The van der Waals surface area contributed by atoms with Gasteiger partial charge in [-0.2, -0.15) is 0 Å². The summed E-state index contributed by atoms with van der Waals surface area (Å²) in [4.78, 5) is 12.6. The summed E-state index contributed by atoms with van der Waals surface area (Å²) in [6.07, 6.45) is 1.23. The molecular weight excluding hydrogens is 432 g/mol. The van der Waals surface area contributed by atoms with Crippen LogP contribution in [0.4, 0.5) is 11.4 Å². The molecule has 0 saturated carbocycles.